The Morgan fingerprint density at radius 2 is 2.00 bits per heavy atom. The van der Waals surface area contributed by atoms with E-state index in [2.05, 4.69) is 22.2 Å². The first-order chi connectivity index (χ1) is 12.4. The number of aromatic nitrogens is 3. The van der Waals surface area contributed by atoms with E-state index < -0.39 is 0 Å². The van der Waals surface area contributed by atoms with E-state index in [1.807, 2.05) is 32.0 Å². The number of halogens is 2. The molecule has 0 atom stereocenters. The zero-order valence-corrected chi connectivity index (χ0v) is 16.9. The Balaban J connectivity index is 2.03. The Labute approximate surface area is 165 Å². The summed E-state index contributed by atoms with van der Waals surface area (Å²) in [6.45, 7) is 5.91. The fourth-order valence-electron chi connectivity index (χ4n) is 2.60. The molecule has 1 aromatic carbocycles. The van der Waals surface area contributed by atoms with Gasteiger partial charge in [-0.3, -0.25) is 9.36 Å². The minimum atomic E-state index is -0.266. The number of hydrogen-bond donors (Lipinski definition) is 1. The van der Waals surface area contributed by atoms with Crippen molar-refractivity contribution in [3.05, 3.63) is 50.9 Å². The van der Waals surface area contributed by atoms with Gasteiger partial charge in [0, 0.05) is 22.5 Å². The second-order valence-corrected chi connectivity index (χ2v) is 8.09. The lowest BCUT2D eigenvalue weighted by Gasteiger charge is -2.15. The van der Waals surface area contributed by atoms with Crippen molar-refractivity contribution in [3.63, 3.8) is 0 Å². The van der Waals surface area contributed by atoms with Crippen LogP contribution < -0.4 is 10.9 Å². The molecule has 3 aromatic rings. The summed E-state index contributed by atoms with van der Waals surface area (Å²) in [6, 6.07) is 7.30. The molecule has 0 aliphatic heterocycles. The van der Waals surface area contributed by atoms with Crippen molar-refractivity contribution < 1.29 is 0 Å². The summed E-state index contributed by atoms with van der Waals surface area (Å²) in [6.07, 6.45) is 1.64. The molecule has 8 heteroatoms. The quantitative estimate of drug-likeness (QED) is 0.561. The topological polar surface area (TPSA) is 59.8 Å². The summed E-state index contributed by atoms with van der Waals surface area (Å²) in [5.74, 6) is 1.35. The Hall–Kier alpha value is -1.76. The lowest BCUT2D eigenvalue weighted by molar-refractivity contribution is 0.595. The molecule has 26 heavy (non-hydrogen) atoms. The molecule has 3 rings (SSSR count). The molecular weight excluding hydrogens is 391 g/mol. The molecule has 0 saturated heterocycles. The molecule has 5 nitrogen and oxygen atoms in total. The number of nitrogens with zero attached hydrogens (tertiary/aromatic N) is 3. The van der Waals surface area contributed by atoms with Crippen LogP contribution in [0.4, 0.5) is 11.6 Å². The van der Waals surface area contributed by atoms with Crippen molar-refractivity contribution in [1.82, 2.24) is 14.5 Å². The van der Waals surface area contributed by atoms with Gasteiger partial charge >= 0.3 is 0 Å². The first-order valence-corrected chi connectivity index (χ1v) is 9.92. The third-order valence-electron chi connectivity index (χ3n) is 3.74. The number of benzene rings is 1. The van der Waals surface area contributed by atoms with Crippen molar-refractivity contribution in [2.75, 3.05) is 11.1 Å². The maximum absolute atomic E-state index is 12.4. The van der Waals surface area contributed by atoms with Crippen molar-refractivity contribution in [3.8, 4) is 0 Å². The van der Waals surface area contributed by atoms with E-state index in [4.69, 9.17) is 23.2 Å². The highest BCUT2D eigenvalue weighted by molar-refractivity contribution is 7.99. The number of fused-ring (bicyclic) bond motifs is 1. The van der Waals surface area contributed by atoms with Crippen LogP contribution in [0, 0.1) is 0 Å². The minimum Gasteiger partial charge on any atom is -0.323 e. The second kappa shape index (κ2) is 7.86. The van der Waals surface area contributed by atoms with E-state index >= 15 is 0 Å². The van der Waals surface area contributed by atoms with Crippen LogP contribution in [-0.4, -0.2) is 20.3 Å². The third-order valence-corrected chi connectivity index (χ3v) is 5.20. The van der Waals surface area contributed by atoms with Gasteiger partial charge in [0.1, 0.15) is 10.7 Å². The van der Waals surface area contributed by atoms with Gasteiger partial charge in [0.2, 0.25) is 5.95 Å². The van der Waals surface area contributed by atoms with Crippen molar-refractivity contribution in [2.45, 2.75) is 31.7 Å². The van der Waals surface area contributed by atoms with Crippen LogP contribution in [0.15, 0.2) is 40.2 Å². The molecule has 0 saturated carbocycles. The summed E-state index contributed by atoms with van der Waals surface area (Å²) < 4.78 is 1.56. The van der Waals surface area contributed by atoms with E-state index in [-0.39, 0.29) is 16.6 Å². The Morgan fingerprint density at radius 1 is 1.23 bits per heavy atom. The van der Waals surface area contributed by atoms with Gasteiger partial charge < -0.3 is 5.32 Å². The number of anilines is 2. The lowest BCUT2D eigenvalue weighted by atomic mass is 10.3. The van der Waals surface area contributed by atoms with Gasteiger partial charge in [-0.05, 0) is 43.9 Å². The Morgan fingerprint density at radius 3 is 2.65 bits per heavy atom. The summed E-state index contributed by atoms with van der Waals surface area (Å²) >= 11 is 14.1. The van der Waals surface area contributed by atoms with E-state index in [9.17, 15) is 4.79 Å². The molecule has 2 aromatic heterocycles. The highest BCUT2D eigenvalue weighted by Crippen LogP contribution is 2.30. The largest absolute Gasteiger partial charge is 0.323 e. The van der Waals surface area contributed by atoms with Crippen LogP contribution >= 0.6 is 35.0 Å². The van der Waals surface area contributed by atoms with Gasteiger partial charge in [-0.25, -0.2) is 4.98 Å². The molecule has 0 unspecified atom stereocenters. The average Bonchev–Trinajstić information content (AvgIpc) is 2.58. The predicted molar refractivity (Wildman–Crippen MR) is 110 cm³/mol. The van der Waals surface area contributed by atoms with E-state index in [0.29, 0.717) is 27.7 Å². The lowest BCUT2D eigenvalue weighted by Crippen LogP contribution is -2.23. The maximum atomic E-state index is 12.4. The van der Waals surface area contributed by atoms with Gasteiger partial charge in [-0.2, -0.15) is 4.98 Å². The minimum absolute atomic E-state index is 0.0830. The van der Waals surface area contributed by atoms with Crippen LogP contribution in [0.25, 0.3) is 11.0 Å². The van der Waals surface area contributed by atoms with Gasteiger partial charge in [0.25, 0.3) is 5.56 Å². The van der Waals surface area contributed by atoms with Crippen molar-refractivity contribution in [2.24, 2.45) is 0 Å². The van der Waals surface area contributed by atoms with E-state index in [0.717, 1.165) is 10.6 Å². The molecule has 0 aliphatic rings. The molecule has 0 radical (unpaired) electrons. The molecule has 0 bridgehead atoms. The van der Waals surface area contributed by atoms with Gasteiger partial charge in [-0.1, -0.05) is 30.1 Å². The normalized spacial score (nSPS) is 11.3. The average molecular weight is 409 g/mol. The zero-order chi connectivity index (χ0) is 18.8. The number of thioether (sulfide) groups is 1. The second-order valence-electron chi connectivity index (χ2n) is 5.93. The first-order valence-electron chi connectivity index (χ1n) is 8.18. The monoisotopic (exact) mass is 408 g/mol. The van der Waals surface area contributed by atoms with Gasteiger partial charge in [0.15, 0.2) is 0 Å². The number of pyridine rings is 1. The number of hydrogen-bond acceptors (Lipinski definition) is 5. The SMILES string of the molecule is CCSc1ccc(Nc2ncc3cc(Cl)c(=O)n(C(C)C)c3n2)c(Cl)c1. The third kappa shape index (κ3) is 3.82. The first kappa shape index (κ1) is 19.0. The van der Waals surface area contributed by atoms with Crippen LogP contribution in [-0.2, 0) is 0 Å². The van der Waals surface area contributed by atoms with Crippen LogP contribution in [0.2, 0.25) is 10.0 Å². The summed E-state index contributed by atoms with van der Waals surface area (Å²) in [7, 11) is 0. The maximum Gasteiger partial charge on any atom is 0.271 e. The Bertz CT molecular complexity index is 1020. The molecule has 0 aliphatic carbocycles. The van der Waals surface area contributed by atoms with Crippen LogP contribution in [0.3, 0.4) is 0 Å². The molecule has 2 heterocycles. The molecule has 0 fully saturated rings. The molecule has 1 N–H and O–H groups in total. The van der Waals surface area contributed by atoms with Crippen molar-refractivity contribution in [1.29, 1.82) is 0 Å². The molecular formula is C18H18Cl2N4OS. The molecule has 0 amide bonds. The van der Waals surface area contributed by atoms with Crippen LogP contribution in [0.1, 0.15) is 26.8 Å². The summed E-state index contributed by atoms with van der Waals surface area (Å²) in [4.78, 5) is 22.3. The smallest absolute Gasteiger partial charge is 0.271 e. The standard InChI is InChI=1S/C18H18Cl2N4OS/c1-4-26-12-5-6-15(13(19)8-12)22-18-21-9-11-7-14(20)17(25)24(10(2)3)16(11)23-18/h5-10H,4H2,1-3H3,(H,21,22,23). The van der Waals surface area contributed by atoms with Gasteiger partial charge in [0.05, 0.1) is 10.7 Å². The fourth-order valence-corrected chi connectivity index (χ4v) is 3.80. The van der Waals surface area contributed by atoms with Crippen LogP contribution in [0.5, 0.6) is 0 Å². The predicted octanol–water partition coefficient (Wildman–Crippen LogP) is 5.53. The number of nitrogens with one attached hydrogen (secondary N) is 1. The summed E-state index contributed by atoms with van der Waals surface area (Å²) in [5.41, 5.74) is 0.970. The molecule has 136 valence electrons. The van der Waals surface area contributed by atoms with Crippen molar-refractivity contribution >= 4 is 57.6 Å². The fraction of sp³-hybridized carbons (Fsp3) is 0.278. The highest BCUT2D eigenvalue weighted by atomic mass is 35.5. The Kier molecular flexibility index (Phi) is 5.75. The number of rotatable bonds is 5. The highest BCUT2D eigenvalue weighted by Gasteiger charge is 2.13. The molecule has 0 spiro atoms. The van der Waals surface area contributed by atoms with E-state index in [1.165, 1.54) is 0 Å². The van der Waals surface area contributed by atoms with Gasteiger partial charge in [-0.15, -0.1) is 11.8 Å². The summed E-state index contributed by atoms with van der Waals surface area (Å²) in [5, 5.41) is 4.57. The van der Waals surface area contributed by atoms with E-state index in [1.54, 1.807) is 28.6 Å². The zero-order valence-electron chi connectivity index (χ0n) is 14.6.